The molecule has 1 saturated carbocycles. The number of nitrogens with zero attached hydrogens (tertiary/aromatic N) is 1. The molecule has 2 aliphatic heterocycles. The van der Waals surface area contributed by atoms with Gasteiger partial charge in [0, 0.05) is 30.1 Å². The molecule has 2 aromatic carbocycles. The minimum atomic E-state index is -3.57. The van der Waals surface area contributed by atoms with Gasteiger partial charge in [-0.15, -0.1) is 0 Å². The number of fused-ring (bicyclic) bond motifs is 1. The molecule has 1 N–H and O–H groups in total. The van der Waals surface area contributed by atoms with Crippen LogP contribution in [0.15, 0.2) is 36.4 Å². The fourth-order valence-electron chi connectivity index (χ4n) is 5.07. The maximum atomic E-state index is 15.5. The number of amides is 1. The highest BCUT2D eigenvalue weighted by Gasteiger charge is 2.61. The summed E-state index contributed by atoms with van der Waals surface area (Å²) in [4.78, 5) is 14.7. The molecular formula is C23H23F3N2O4S. The first-order valence-corrected chi connectivity index (χ1v) is 12.7. The van der Waals surface area contributed by atoms with E-state index in [2.05, 4.69) is 4.72 Å². The number of likely N-dealkylation sites (tertiary alicyclic amines) is 1. The number of sulfonamides is 1. The van der Waals surface area contributed by atoms with Crippen LogP contribution >= 0.6 is 0 Å². The van der Waals surface area contributed by atoms with Gasteiger partial charge in [-0.3, -0.25) is 4.79 Å². The van der Waals surface area contributed by atoms with E-state index < -0.39 is 45.7 Å². The Hall–Kier alpha value is -2.43. The van der Waals surface area contributed by atoms with E-state index in [1.807, 2.05) is 0 Å². The van der Waals surface area contributed by atoms with Crippen molar-refractivity contribution in [1.29, 1.82) is 0 Å². The van der Waals surface area contributed by atoms with Crippen molar-refractivity contribution < 1.29 is 31.1 Å². The van der Waals surface area contributed by atoms with Crippen molar-refractivity contribution in [1.82, 2.24) is 9.62 Å². The molecule has 2 aromatic rings. The molecule has 5 atom stereocenters. The predicted molar refractivity (Wildman–Crippen MR) is 114 cm³/mol. The molecule has 176 valence electrons. The van der Waals surface area contributed by atoms with Gasteiger partial charge in [-0.25, -0.2) is 26.3 Å². The lowest BCUT2D eigenvalue weighted by Crippen LogP contribution is -2.54. The number of hydrogen-bond donors (Lipinski definition) is 1. The first-order chi connectivity index (χ1) is 15.6. The van der Waals surface area contributed by atoms with Gasteiger partial charge in [0.05, 0.1) is 18.9 Å². The predicted octanol–water partition coefficient (Wildman–Crippen LogP) is 2.62. The van der Waals surface area contributed by atoms with Crippen molar-refractivity contribution in [3.05, 3.63) is 59.4 Å². The third-order valence-electron chi connectivity index (χ3n) is 6.66. The highest BCUT2D eigenvalue weighted by molar-refractivity contribution is 7.88. The van der Waals surface area contributed by atoms with E-state index in [0.717, 1.165) is 18.4 Å². The van der Waals surface area contributed by atoms with Crippen LogP contribution in [0.2, 0.25) is 0 Å². The van der Waals surface area contributed by atoms with Crippen molar-refractivity contribution in [2.75, 3.05) is 12.9 Å². The van der Waals surface area contributed by atoms with Crippen molar-refractivity contribution in [3.8, 4) is 11.1 Å². The van der Waals surface area contributed by atoms with Crippen LogP contribution in [0.5, 0.6) is 0 Å². The topological polar surface area (TPSA) is 75.7 Å². The number of carbonyl (C=O) groups excluding carboxylic acids is 1. The zero-order valence-electron chi connectivity index (χ0n) is 17.8. The molecule has 0 aromatic heterocycles. The van der Waals surface area contributed by atoms with Gasteiger partial charge in [-0.2, -0.15) is 0 Å². The fraction of sp³-hybridized carbons (Fsp3) is 0.435. The molecule has 3 fully saturated rings. The zero-order valence-corrected chi connectivity index (χ0v) is 18.6. The number of ether oxygens (including phenoxy) is 1. The molecule has 2 saturated heterocycles. The lowest BCUT2D eigenvalue weighted by atomic mass is 9.94. The van der Waals surface area contributed by atoms with Crippen LogP contribution in [0.1, 0.15) is 18.4 Å². The highest BCUT2D eigenvalue weighted by Crippen LogP contribution is 2.50. The summed E-state index contributed by atoms with van der Waals surface area (Å²) < 4.78 is 74.9. The van der Waals surface area contributed by atoms with Gasteiger partial charge in [-0.05, 0) is 42.0 Å². The monoisotopic (exact) mass is 480 g/mol. The zero-order chi connectivity index (χ0) is 23.5. The van der Waals surface area contributed by atoms with Crippen LogP contribution in [0.4, 0.5) is 13.2 Å². The van der Waals surface area contributed by atoms with Gasteiger partial charge in [0.15, 0.2) is 0 Å². The SMILES string of the molecule is CS(=O)(=O)N[C@@H]1[C@H]2C[C@H]2N(C(=O)[C@H]2CCO2)[C@@H]1Cc1cccc(-c2cc(F)cc(F)c2)c1F. The van der Waals surface area contributed by atoms with Crippen molar-refractivity contribution >= 4 is 15.9 Å². The summed E-state index contributed by atoms with van der Waals surface area (Å²) in [5.74, 6) is -2.55. The number of halogens is 3. The summed E-state index contributed by atoms with van der Waals surface area (Å²) in [6.07, 6.45) is 1.82. The first kappa shape index (κ1) is 22.4. The summed E-state index contributed by atoms with van der Waals surface area (Å²) in [6.45, 7) is 0.495. The van der Waals surface area contributed by atoms with Crippen molar-refractivity contribution in [3.63, 3.8) is 0 Å². The summed E-state index contributed by atoms with van der Waals surface area (Å²) in [7, 11) is -3.57. The molecule has 33 heavy (non-hydrogen) atoms. The maximum absolute atomic E-state index is 15.5. The number of benzene rings is 2. The largest absolute Gasteiger partial charge is 0.368 e. The first-order valence-electron chi connectivity index (χ1n) is 10.8. The van der Waals surface area contributed by atoms with Crippen molar-refractivity contribution in [2.45, 2.75) is 43.5 Å². The Morgan fingerprint density at radius 2 is 1.88 bits per heavy atom. The Balaban J connectivity index is 1.49. The Labute approximate surface area is 189 Å². The number of hydrogen-bond acceptors (Lipinski definition) is 4. The van der Waals surface area contributed by atoms with E-state index in [1.54, 1.807) is 17.0 Å². The molecule has 6 nitrogen and oxygen atoms in total. The molecule has 5 rings (SSSR count). The molecule has 1 aliphatic carbocycles. The summed E-state index contributed by atoms with van der Waals surface area (Å²) in [5, 5.41) is 0. The second-order valence-corrected chi connectivity index (χ2v) is 10.8. The van der Waals surface area contributed by atoms with Gasteiger partial charge in [0.1, 0.15) is 23.6 Å². The molecule has 10 heteroatoms. The van der Waals surface area contributed by atoms with E-state index >= 15 is 4.39 Å². The van der Waals surface area contributed by atoms with E-state index in [1.165, 1.54) is 6.07 Å². The third-order valence-corrected chi connectivity index (χ3v) is 7.36. The lowest BCUT2D eigenvalue weighted by Gasteiger charge is -2.36. The molecule has 0 bridgehead atoms. The van der Waals surface area contributed by atoms with E-state index in [9.17, 15) is 22.0 Å². The molecule has 3 aliphatic rings. The van der Waals surface area contributed by atoms with E-state index in [-0.39, 0.29) is 41.0 Å². The minimum absolute atomic E-state index is 0.0295. The summed E-state index contributed by atoms with van der Waals surface area (Å²) in [5.41, 5.74) is 0.320. The number of nitrogens with one attached hydrogen (secondary N) is 1. The minimum Gasteiger partial charge on any atom is -0.368 e. The van der Waals surface area contributed by atoms with Gasteiger partial charge in [-0.1, -0.05) is 18.2 Å². The van der Waals surface area contributed by atoms with Gasteiger partial charge < -0.3 is 9.64 Å². The van der Waals surface area contributed by atoms with Crippen LogP contribution < -0.4 is 4.72 Å². The van der Waals surface area contributed by atoms with Gasteiger partial charge in [0.2, 0.25) is 10.0 Å². The molecule has 0 unspecified atom stereocenters. The molecule has 0 spiro atoms. The van der Waals surface area contributed by atoms with Crippen LogP contribution in [-0.4, -0.2) is 56.3 Å². The van der Waals surface area contributed by atoms with Crippen LogP contribution in [0.3, 0.4) is 0 Å². The van der Waals surface area contributed by atoms with E-state index in [4.69, 9.17) is 4.74 Å². The van der Waals surface area contributed by atoms with Crippen molar-refractivity contribution in [2.24, 2.45) is 5.92 Å². The Morgan fingerprint density at radius 1 is 1.18 bits per heavy atom. The van der Waals surface area contributed by atoms with E-state index in [0.29, 0.717) is 25.5 Å². The third kappa shape index (κ3) is 4.27. The average Bonchev–Trinajstić information content (AvgIpc) is 3.39. The molecule has 0 radical (unpaired) electrons. The molecule has 2 heterocycles. The number of carbonyl (C=O) groups is 1. The highest BCUT2D eigenvalue weighted by atomic mass is 32.2. The Morgan fingerprint density at radius 3 is 2.48 bits per heavy atom. The second kappa shape index (κ2) is 8.11. The standard InChI is InChI=1S/C23H23F3N2O4S/c1-33(30,31)27-22-17-11-18(17)28(23(29)20-5-6-32-20)19(22)9-12-3-2-4-16(21(12)26)13-7-14(24)10-15(25)8-13/h2-4,7-8,10,17-20,22,27H,5-6,9,11H2,1H3/t17-,18+,19+,20+,22+/m0/s1. The number of piperidine rings is 1. The second-order valence-electron chi connectivity index (χ2n) is 8.98. The fourth-order valence-corrected chi connectivity index (χ4v) is 5.89. The van der Waals surface area contributed by atoms with Gasteiger partial charge >= 0.3 is 0 Å². The maximum Gasteiger partial charge on any atom is 0.252 e. The van der Waals surface area contributed by atoms with Crippen LogP contribution in [0, 0.1) is 23.4 Å². The Kier molecular flexibility index (Phi) is 5.49. The normalized spacial score (nSPS) is 28.4. The Bertz CT molecular complexity index is 1200. The lowest BCUT2D eigenvalue weighted by molar-refractivity contribution is -0.158. The van der Waals surface area contributed by atoms with Crippen LogP contribution in [0.25, 0.3) is 11.1 Å². The quantitative estimate of drug-likeness (QED) is 0.690. The molecular weight excluding hydrogens is 457 g/mol. The average molecular weight is 481 g/mol. The molecule has 1 amide bonds. The van der Waals surface area contributed by atoms with Crippen LogP contribution in [-0.2, 0) is 26.0 Å². The summed E-state index contributed by atoms with van der Waals surface area (Å²) in [6, 6.07) is 6.08. The van der Waals surface area contributed by atoms with Gasteiger partial charge in [0.25, 0.3) is 5.91 Å². The number of rotatable bonds is 6. The smallest absolute Gasteiger partial charge is 0.252 e. The summed E-state index contributed by atoms with van der Waals surface area (Å²) >= 11 is 0.